The van der Waals surface area contributed by atoms with Gasteiger partial charge in [-0.3, -0.25) is 9.89 Å². The highest BCUT2D eigenvalue weighted by molar-refractivity contribution is 14.0. The average Bonchev–Trinajstić information content (AvgIpc) is 2.70. The molecule has 0 radical (unpaired) electrons. The van der Waals surface area contributed by atoms with E-state index in [-0.39, 0.29) is 36.1 Å². The quantitative estimate of drug-likeness (QED) is 0.336. The number of nitrogens with zero attached hydrogens (tertiary/aromatic N) is 2. The predicted octanol–water partition coefficient (Wildman–Crippen LogP) is 4.57. The first-order valence-electron chi connectivity index (χ1n) is 9.41. The van der Waals surface area contributed by atoms with Gasteiger partial charge in [0.1, 0.15) is 11.6 Å². The zero-order chi connectivity index (χ0) is 19.9. The van der Waals surface area contributed by atoms with Crippen molar-refractivity contribution in [3.63, 3.8) is 0 Å². The highest BCUT2D eigenvalue weighted by Crippen LogP contribution is 2.16. The minimum absolute atomic E-state index is 0. The van der Waals surface area contributed by atoms with Crippen molar-refractivity contribution < 1.29 is 8.78 Å². The number of hydrogen-bond acceptors (Lipinski definition) is 2. The first kappa shape index (κ1) is 23.8. The van der Waals surface area contributed by atoms with Gasteiger partial charge in [-0.15, -0.1) is 24.0 Å². The molecule has 0 unspecified atom stereocenters. The minimum Gasteiger partial charge on any atom is -0.354 e. The lowest BCUT2D eigenvalue weighted by Crippen LogP contribution is -2.48. The van der Waals surface area contributed by atoms with Crippen molar-refractivity contribution >= 4 is 41.5 Å². The molecule has 0 amide bonds. The molecule has 0 spiro atoms. The summed E-state index contributed by atoms with van der Waals surface area (Å²) >= 11 is 5.94. The molecule has 0 bridgehead atoms. The predicted molar refractivity (Wildman–Crippen MR) is 125 cm³/mol. The fraction of sp³-hybridized carbons (Fsp3) is 0.381. The van der Waals surface area contributed by atoms with Crippen LogP contribution in [0.3, 0.4) is 0 Å². The Morgan fingerprint density at radius 2 is 1.83 bits per heavy atom. The highest BCUT2D eigenvalue weighted by atomic mass is 127. The number of nitrogens with one attached hydrogen (secondary N) is 2. The van der Waals surface area contributed by atoms with Gasteiger partial charge in [-0.2, -0.15) is 0 Å². The fourth-order valence-electron chi connectivity index (χ4n) is 3.33. The maximum Gasteiger partial charge on any atom is 0.191 e. The van der Waals surface area contributed by atoms with E-state index in [1.807, 2.05) is 12.1 Å². The van der Waals surface area contributed by atoms with Gasteiger partial charge in [0.15, 0.2) is 5.96 Å². The van der Waals surface area contributed by atoms with Crippen molar-refractivity contribution in [1.82, 2.24) is 15.5 Å². The number of benzene rings is 2. The summed E-state index contributed by atoms with van der Waals surface area (Å²) in [6.07, 6.45) is 1.98. The average molecular weight is 535 g/mol. The van der Waals surface area contributed by atoms with E-state index in [9.17, 15) is 8.78 Å². The van der Waals surface area contributed by atoms with Crippen LogP contribution < -0.4 is 10.6 Å². The van der Waals surface area contributed by atoms with Gasteiger partial charge >= 0.3 is 0 Å². The summed E-state index contributed by atoms with van der Waals surface area (Å²) < 4.78 is 27.0. The van der Waals surface area contributed by atoms with Crippen molar-refractivity contribution in [2.45, 2.75) is 32.0 Å². The molecule has 29 heavy (non-hydrogen) atoms. The molecule has 1 fully saturated rings. The van der Waals surface area contributed by atoms with Gasteiger partial charge in [0.25, 0.3) is 0 Å². The zero-order valence-corrected chi connectivity index (χ0v) is 19.4. The molecule has 2 aromatic rings. The van der Waals surface area contributed by atoms with Crippen LogP contribution in [0.2, 0.25) is 5.02 Å². The Balaban J connectivity index is 0.00000300. The van der Waals surface area contributed by atoms with E-state index in [4.69, 9.17) is 11.6 Å². The van der Waals surface area contributed by atoms with Crippen LogP contribution in [-0.4, -0.2) is 37.0 Å². The lowest BCUT2D eigenvalue weighted by atomic mass is 10.0. The van der Waals surface area contributed by atoms with Gasteiger partial charge in [-0.1, -0.05) is 23.7 Å². The Kier molecular flexibility index (Phi) is 9.58. The van der Waals surface area contributed by atoms with E-state index in [2.05, 4.69) is 32.7 Å². The molecule has 0 aromatic heterocycles. The van der Waals surface area contributed by atoms with Crippen LogP contribution in [0.5, 0.6) is 0 Å². The first-order valence-corrected chi connectivity index (χ1v) is 9.79. The second kappa shape index (κ2) is 11.7. The Labute approximate surface area is 192 Å². The largest absolute Gasteiger partial charge is 0.354 e. The number of halogens is 4. The molecule has 0 saturated carbocycles. The number of aliphatic imine (C=N–C) groups is 1. The van der Waals surface area contributed by atoms with Gasteiger partial charge in [0.2, 0.25) is 0 Å². The monoisotopic (exact) mass is 534 g/mol. The third kappa shape index (κ3) is 7.38. The molecular formula is C21H26ClF2IN4. The van der Waals surface area contributed by atoms with Crippen LogP contribution in [0.15, 0.2) is 47.5 Å². The van der Waals surface area contributed by atoms with Crippen LogP contribution >= 0.6 is 35.6 Å². The van der Waals surface area contributed by atoms with Gasteiger partial charge in [0, 0.05) is 49.9 Å². The molecule has 1 saturated heterocycles. The van der Waals surface area contributed by atoms with Crippen LogP contribution in [0.1, 0.15) is 24.0 Å². The number of likely N-dealkylation sites (tertiary alicyclic amines) is 1. The van der Waals surface area contributed by atoms with Gasteiger partial charge in [-0.25, -0.2) is 8.78 Å². The van der Waals surface area contributed by atoms with Crippen molar-refractivity contribution in [2.75, 3.05) is 20.1 Å². The lowest BCUT2D eigenvalue weighted by molar-refractivity contribution is 0.198. The van der Waals surface area contributed by atoms with E-state index in [1.54, 1.807) is 7.05 Å². The molecule has 2 N–H and O–H groups in total. The Morgan fingerprint density at radius 1 is 1.14 bits per heavy atom. The summed E-state index contributed by atoms with van der Waals surface area (Å²) in [5.74, 6) is -0.283. The summed E-state index contributed by atoms with van der Waals surface area (Å²) in [6, 6.07) is 11.7. The van der Waals surface area contributed by atoms with Crippen molar-refractivity contribution in [3.8, 4) is 0 Å². The van der Waals surface area contributed by atoms with Crippen molar-refractivity contribution in [1.29, 1.82) is 0 Å². The topological polar surface area (TPSA) is 39.7 Å². The second-order valence-corrected chi connectivity index (χ2v) is 7.42. The molecule has 2 aromatic carbocycles. The molecule has 1 aliphatic rings. The molecule has 1 heterocycles. The Hall–Kier alpha value is -1.45. The first-order chi connectivity index (χ1) is 13.5. The fourth-order valence-corrected chi connectivity index (χ4v) is 3.46. The molecule has 0 atom stereocenters. The van der Waals surface area contributed by atoms with E-state index >= 15 is 0 Å². The third-order valence-corrected chi connectivity index (χ3v) is 5.18. The van der Waals surface area contributed by atoms with Gasteiger partial charge < -0.3 is 10.6 Å². The van der Waals surface area contributed by atoms with Gasteiger partial charge in [0.05, 0.1) is 0 Å². The summed E-state index contributed by atoms with van der Waals surface area (Å²) in [5.41, 5.74) is 1.53. The lowest BCUT2D eigenvalue weighted by Gasteiger charge is -2.33. The standard InChI is InChI=1S/C21H25ClF2N4.HI/c1-25-21(26-13-16-12-18(23)6-7-20(16)24)27-19-8-10-28(11-9-19)14-15-2-4-17(22)5-3-15;/h2-7,12,19H,8-11,13-14H2,1H3,(H2,25,26,27);1H. The second-order valence-electron chi connectivity index (χ2n) is 6.98. The SMILES string of the molecule is CN=C(NCc1cc(F)ccc1F)NC1CCN(Cc2ccc(Cl)cc2)CC1.I. The summed E-state index contributed by atoms with van der Waals surface area (Å²) in [7, 11) is 1.67. The van der Waals surface area contributed by atoms with Crippen LogP contribution in [-0.2, 0) is 13.1 Å². The van der Waals surface area contributed by atoms with E-state index < -0.39 is 11.6 Å². The van der Waals surface area contributed by atoms with Crippen molar-refractivity contribution in [2.24, 2.45) is 4.99 Å². The Bertz CT molecular complexity index is 809. The van der Waals surface area contributed by atoms with Crippen LogP contribution in [0.25, 0.3) is 0 Å². The van der Waals surface area contributed by atoms with Crippen molar-refractivity contribution in [3.05, 3.63) is 70.2 Å². The number of piperidine rings is 1. The molecule has 0 aliphatic carbocycles. The maximum absolute atomic E-state index is 13.7. The molecule has 3 rings (SSSR count). The molecule has 1 aliphatic heterocycles. The van der Waals surface area contributed by atoms with E-state index in [0.717, 1.165) is 49.6 Å². The number of hydrogen-bond donors (Lipinski definition) is 2. The molecule has 4 nitrogen and oxygen atoms in total. The number of rotatable bonds is 5. The Morgan fingerprint density at radius 3 is 2.48 bits per heavy atom. The molecule has 158 valence electrons. The minimum atomic E-state index is -0.450. The zero-order valence-electron chi connectivity index (χ0n) is 16.3. The van der Waals surface area contributed by atoms with Crippen LogP contribution in [0, 0.1) is 11.6 Å². The summed E-state index contributed by atoms with van der Waals surface area (Å²) in [4.78, 5) is 6.61. The van der Waals surface area contributed by atoms with Gasteiger partial charge in [-0.05, 0) is 48.7 Å². The highest BCUT2D eigenvalue weighted by Gasteiger charge is 2.20. The molecular weight excluding hydrogens is 509 g/mol. The van der Waals surface area contributed by atoms with E-state index in [1.165, 1.54) is 11.6 Å². The summed E-state index contributed by atoms with van der Waals surface area (Å²) in [6.45, 7) is 3.06. The van der Waals surface area contributed by atoms with Crippen LogP contribution in [0.4, 0.5) is 8.78 Å². The smallest absolute Gasteiger partial charge is 0.191 e. The molecule has 8 heteroatoms. The summed E-state index contributed by atoms with van der Waals surface area (Å²) in [5, 5.41) is 7.20. The number of guanidine groups is 1. The van der Waals surface area contributed by atoms with E-state index in [0.29, 0.717) is 12.0 Å². The third-order valence-electron chi connectivity index (χ3n) is 4.93. The maximum atomic E-state index is 13.7. The normalized spacial score (nSPS) is 15.7.